The quantitative estimate of drug-likeness (QED) is 0.602. The number of benzene rings is 1. The van der Waals surface area contributed by atoms with Crippen LogP contribution in [0.2, 0.25) is 0 Å². The van der Waals surface area contributed by atoms with Crippen LogP contribution in [0.15, 0.2) is 23.1 Å². The van der Waals surface area contributed by atoms with Gasteiger partial charge in [-0.25, -0.2) is 17.9 Å². The molecule has 0 unspecified atom stereocenters. The highest BCUT2D eigenvalue weighted by atomic mass is 32.2. The molecule has 0 aromatic heterocycles. The van der Waals surface area contributed by atoms with Crippen molar-refractivity contribution in [2.45, 2.75) is 38.2 Å². The van der Waals surface area contributed by atoms with Crippen molar-refractivity contribution in [3.8, 4) is 0 Å². The van der Waals surface area contributed by atoms with Gasteiger partial charge in [-0.05, 0) is 33.8 Å². The smallest absolute Gasteiger partial charge is 0.410 e. The second-order valence-corrected chi connectivity index (χ2v) is 8.27. The van der Waals surface area contributed by atoms with E-state index < -0.39 is 26.6 Å². The van der Waals surface area contributed by atoms with Gasteiger partial charge in [0.15, 0.2) is 0 Å². The van der Waals surface area contributed by atoms with Crippen molar-refractivity contribution in [2.24, 2.45) is 0 Å². The average Bonchev–Trinajstić information content (AvgIpc) is 2.44. The molecule has 0 saturated heterocycles. The van der Waals surface area contributed by atoms with Crippen LogP contribution in [0.1, 0.15) is 26.3 Å². The Kier molecular flexibility index (Phi) is 6.49. The number of carbonyl (C=O) groups is 1. The Morgan fingerprint density at radius 1 is 1.36 bits per heavy atom. The van der Waals surface area contributed by atoms with Gasteiger partial charge < -0.3 is 9.64 Å². The first-order chi connectivity index (χ1) is 11.3. The van der Waals surface area contributed by atoms with Crippen molar-refractivity contribution >= 4 is 21.8 Å². The molecule has 0 aliphatic carbocycles. The van der Waals surface area contributed by atoms with Crippen molar-refractivity contribution in [3.63, 3.8) is 0 Å². The molecule has 0 aliphatic heterocycles. The van der Waals surface area contributed by atoms with Crippen LogP contribution in [0.25, 0.3) is 0 Å². The van der Waals surface area contributed by atoms with E-state index in [0.29, 0.717) is 5.56 Å². The molecule has 25 heavy (non-hydrogen) atoms. The van der Waals surface area contributed by atoms with E-state index in [4.69, 9.17) is 4.74 Å². The Morgan fingerprint density at radius 3 is 2.48 bits per heavy atom. The second kappa shape index (κ2) is 7.79. The van der Waals surface area contributed by atoms with Crippen molar-refractivity contribution < 1.29 is 22.9 Å². The fourth-order valence-corrected chi connectivity index (χ4v) is 2.86. The van der Waals surface area contributed by atoms with Gasteiger partial charge in [0.1, 0.15) is 5.60 Å². The number of rotatable bonds is 6. The number of nitrogens with zero attached hydrogens (tertiary/aromatic N) is 2. The Bertz CT molecular complexity index is 755. The third-order valence-electron chi connectivity index (χ3n) is 3.13. The number of hydrogen-bond donors (Lipinski definition) is 1. The van der Waals surface area contributed by atoms with Crippen molar-refractivity contribution in [3.05, 3.63) is 33.9 Å². The van der Waals surface area contributed by atoms with Crippen LogP contribution in [-0.4, -0.2) is 50.1 Å². The molecule has 1 aromatic carbocycles. The van der Waals surface area contributed by atoms with E-state index in [1.54, 1.807) is 20.8 Å². The van der Waals surface area contributed by atoms with E-state index in [1.807, 2.05) is 0 Å². The van der Waals surface area contributed by atoms with Gasteiger partial charge in [0, 0.05) is 31.8 Å². The van der Waals surface area contributed by atoms with Gasteiger partial charge in [-0.3, -0.25) is 10.1 Å². The number of likely N-dealkylation sites (N-methyl/N-ethyl adjacent to an activating group) is 1. The molecular weight excluding hydrogens is 350 g/mol. The number of nitro benzene ring substituents is 1. The number of amides is 1. The first-order valence-corrected chi connectivity index (χ1v) is 9.00. The van der Waals surface area contributed by atoms with Crippen LogP contribution in [-0.2, 0) is 14.8 Å². The minimum Gasteiger partial charge on any atom is -0.444 e. The molecule has 0 atom stereocenters. The van der Waals surface area contributed by atoms with Gasteiger partial charge in [-0.2, -0.15) is 0 Å². The maximum atomic E-state index is 12.2. The molecule has 0 radical (unpaired) electrons. The summed E-state index contributed by atoms with van der Waals surface area (Å²) >= 11 is 0. The first-order valence-electron chi connectivity index (χ1n) is 7.52. The molecular formula is C15H23N3O6S. The molecule has 1 N–H and O–H groups in total. The number of nitrogens with one attached hydrogen (secondary N) is 1. The van der Waals surface area contributed by atoms with Gasteiger partial charge >= 0.3 is 6.09 Å². The van der Waals surface area contributed by atoms with Gasteiger partial charge in [-0.1, -0.05) is 6.07 Å². The molecule has 9 nitrogen and oxygen atoms in total. The van der Waals surface area contributed by atoms with E-state index in [2.05, 4.69) is 4.72 Å². The molecule has 0 heterocycles. The first kappa shape index (κ1) is 20.8. The maximum Gasteiger partial charge on any atom is 0.410 e. The summed E-state index contributed by atoms with van der Waals surface area (Å²) in [7, 11) is -2.44. The van der Waals surface area contributed by atoms with Gasteiger partial charge in [0.25, 0.3) is 5.69 Å². The lowest BCUT2D eigenvalue weighted by Gasteiger charge is -2.24. The molecule has 0 fully saturated rings. The summed E-state index contributed by atoms with van der Waals surface area (Å²) < 4.78 is 31.9. The second-order valence-electron chi connectivity index (χ2n) is 6.51. The Morgan fingerprint density at radius 2 is 1.96 bits per heavy atom. The normalized spacial score (nSPS) is 11.9. The summed E-state index contributed by atoms with van der Waals surface area (Å²) in [5, 5.41) is 10.9. The standard InChI is InChI=1S/C15H23N3O6S/c1-11-6-7-12(10-13(11)18(20)21)25(22,23)16-8-9-17(5)14(19)24-15(2,3)4/h6-7,10,16H,8-9H2,1-5H3. The predicted octanol–water partition coefficient (Wildman–Crippen LogP) is 2.05. The molecule has 1 aromatic rings. The molecule has 140 valence electrons. The maximum absolute atomic E-state index is 12.2. The lowest BCUT2D eigenvalue weighted by molar-refractivity contribution is -0.385. The number of carbonyl (C=O) groups excluding carboxylic acids is 1. The van der Waals surface area contributed by atoms with E-state index in [9.17, 15) is 23.3 Å². The zero-order valence-electron chi connectivity index (χ0n) is 14.9. The highest BCUT2D eigenvalue weighted by Gasteiger charge is 2.22. The molecule has 0 bridgehead atoms. The van der Waals surface area contributed by atoms with Crippen molar-refractivity contribution in [2.75, 3.05) is 20.1 Å². The lowest BCUT2D eigenvalue weighted by atomic mass is 10.2. The SMILES string of the molecule is Cc1ccc(S(=O)(=O)NCCN(C)C(=O)OC(C)(C)C)cc1[N+](=O)[O-]. The number of aryl methyl sites for hydroxylation is 1. The Labute approximate surface area is 147 Å². The lowest BCUT2D eigenvalue weighted by Crippen LogP contribution is -2.39. The largest absolute Gasteiger partial charge is 0.444 e. The molecule has 10 heteroatoms. The summed E-state index contributed by atoms with van der Waals surface area (Å²) in [4.78, 5) is 23.1. The summed E-state index contributed by atoms with van der Waals surface area (Å²) in [5.41, 5.74) is -0.548. The van der Waals surface area contributed by atoms with Crippen molar-refractivity contribution in [1.29, 1.82) is 0 Å². The van der Waals surface area contributed by atoms with E-state index in [-0.39, 0.29) is 23.7 Å². The molecule has 0 saturated carbocycles. The van der Waals surface area contributed by atoms with Gasteiger partial charge in [-0.15, -0.1) is 0 Å². The number of sulfonamides is 1. The van der Waals surface area contributed by atoms with Crippen LogP contribution in [0.5, 0.6) is 0 Å². The van der Waals surface area contributed by atoms with Crippen LogP contribution in [0, 0.1) is 17.0 Å². The molecule has 0 spiro atoms. The zero-order valence-corrected chi connectivity index (χ0v) is 15.7. The number of nitro groups is 1. The Hall–Kier alpha value is -2.20. The van der Waals surface area contributed by atoms with E-state index >= 15 is 0 Å². The topological polar surface area (TPSA) is 119 Å². The average molecular weight is 373 g/mol. The zero-order chi connectivity index (χ0) is 19.4. The molecule has 1 rings (SSSR count). The summed E-state index contributed by atoms with van der Waals surface area (Å²) in [6, 6.07) is 3.68. The minimum atomic E-state index is -3.92. The Balaban J connectivity index is 2.72. The van der Waals surface area contributed by atoms with E-state index in [1.165, 1.54) is 31.0 Å². The van der Waals surface area contributed by atoms with Crippen molar-refractivity contribution in [1.82, 2.24) is 9.62 Å². The fraction of sp³-hybridized carbons (Fsp3) is 0.533. The van der Waals surface area contributed by atoms with Crippen LogP contribution in [0.3, 0.4) is 0 Å². The predicted molar refractivity (Wildman–Crippen MR) is 91.9 cm³/mol. The minimum absolute atomic E-state index is 0.0558. The fourth-order valence-electron chi connectivity index (χ4n) is 1.82. The summed E-state index contributed by atoms with van der Waals surface area (Å²) in [6.07, 6.45) is -0.572. The molecule has 0 aliphatic rings. The third-order valence-corrected chi connectivity index (χ3v) is 4.59. The summed E-state index contributed by atoms with van der Waals surface area (Å²) in [5.74, 6) is 0. The van der Waals surface area contributed by atoms with Gasteiger partial charge in [0.05, 0.1) is 9.82 Å². The molecule has 1 amide bonds. The van der Waals surface area contributed by atoms with E-state index in [0.717, 1.165) is 6.07 Å². The van der Waals surface area contributed by atoms with Gasteiger partial charge in [0.2, 0.25) is 10.0 Å². The number of ether oxygens (including phenoxy) is 1. The van der Waals surface area contributed by atoms with Crippen LogP contribution in [0.4, 0.5) is 10.5 Å². The van der Waals surface area contributed by atoms with Crippen LogP contribution >= 0.6 is 0 Å². The number of hydrogen-bond acceptors (Lipinski definition) is 6. The summed E-state index contributed by atoms with van der Waals surface area (Å²) in [6.45, 7) is 6.74. The monoisotopic (exact) mass is 373 g/mol. The highest BCUT2D eigenvalue weighted by Crippen LogP contribution is 2.21. The third kappa shape index (κ3) is 6.31. The van der Waals surface area contributed by atoms with Crippen LogP contribution < -0.4 is 4.72 Å². The highest BCUT2D eigenvalue weighted by molar-refractivity contribution is 7.89.